The van der Waals surface area contributed by atoms with Gasteiger partial charge in [0, 0.05) is 11.7 Å². The molecule has 0 saturated carbocycles. The smallest absolute Gasteiger partial charge is 0.0907 e. The van der Waals surface area contributed by atoms with Crippen molar-refractivity contribution >= 4 is 27.2 Å². The molecule has 2 rings (SSSR count). The van der Waals surface area contributed by atoms with Crippen molar-refractivity contribution in [2.24, 2.45) is 5.92 Å². The Bertz CT molecular complexity index is 488. The predicted octanol–water partition coefficient (Wildman–Crippen LogP) is 4.06. The van der Waals surface area contributed by atoms with Crippen LogP contribution in [0.3, 0.4) is 0 Å². The fourth-order valence-electron chi connectivity index (χ4n) is 1.56. The number of hydrogen-bond acceptors (Lipinski definition) is 3. The van der Waals surface area contributed by atoms with E-state index in [2.05, 4.69) is 56.2 Å². The summed E-state index contributed by atoms with van der Waals surface area (Å²) < 4.78 is 1.26. The lowest BCUT2D eigenvalue weighted by atomic mass is 10.1. The standard InChI is InChI=1S/C13H18N2S/c1-8(2)9(3)14-11-5-6-12-13(7-11)16-10(4)15-12/h5-9,14H,1-4H3. The Balaban J connectivity index is 2.25. The van der Waals surface area contributed by atoms with Crippen LogP contribution in [0.4, 0.5) is 5.69 Å². The van der Waals surface area contributed by atoms with Gasteiger partial charge in [-0.1, -0.05) is 13.8 Å². The highest BCUT2D eigenvalue weighted by molar-refractivity contribution is 7.18. The van der Waals surface area contributed by atoms with Gasteiger partial charge >= 0.3 is 0 Å². The maximum atomic E-state index is 4.46. The Labute approximate surface area is 101 Å². The summed E-state index contributed by atoms with van der Waals surface area (Å²) in [4.78, 5) is 4.46. The highest BCUT2D eigenvalue weighted by Crippen LogP contribution is 2.25. The van der Waals surface area contributed by atoms with Gasteiger partial charge in [-0.15, -0.1) is 11.3 Å². The van der Waals surface area contributed by atoms with Crippen molar-refractivity contribution in [1.82, 2.24) is 4.98 Å². The lowest BCUT2D eigenvalue weighted by Crippen LogP contribution is -2.21. The number of fused-ring (bicyclic) bond motifs is 1. The lowest BCUT2D eigenvalue weighted by molar-refractivity contribution is 0.560. The lowest BCUT2D eigenvalue weighted by Gasteiger charge is -2.18. The van der Waals surface area contributed by atoms with Crippen molar-refractivity contribution in [2.45, 2.75) is 33.7 Å². The second-order valence-corrected chi connectivity index (χ2v) is 5.83. The van der Waals surface area contributed by atoms with Gasteiger partial charge in [0.1, 0.15) is 0 Å². The molecular weight excluding hydrogens is 216 g/mol. The summed E-state index contributed by atoms with van der Waals surface area (Å²) in [6.45, 7) is 8.72. The second-order valence-electron chi connectivity index (χ2n) is 4.59. The topological polar surface area (TPSA) is 24.9 Å². The first-order chi connectivity index (χ1) is 7.56. The van der Waals surface area contributed by atoms with Crippen LogP contribution in [0.1, 0.15) is 25.8 Å². The zero-order chi connectivity index (χ0) is 11.7. The van der Waals surface area contributed by atoms with Gasteiger partial charge in [-0.05, 0) is 38.0 Å². The molecule has 0 aliphatic heterocycles. The molecule has 1 atom stereocenters. The molecule has 2 nitrogen and oxygen atoms in total. The van der Waals surface area contributed by atoms with Crippen molar-refractivity contribution in [1.29, 1.82) is 0 Å². The minimum Gasteiger partial charge on any atom is -0.382 e. The van der Waals surface area contributed by atoms with E-state index in [0.29, 0.717) is 12.0 Å². The van der Waals surface area contributed by atoms with Gasteiger partial charge in [-0.25, -0.2) is 4.98 Å². The van der Waals surface area contributed by atoms with Crippen LogP contribution in [0, 0.1) is 12.8 Å². The van der Waals surface area contributed by atoms with Gasteiger partial charge in [0.25, 0.3) is 0 Å². The number of aromatic nitrogens is 1. The molecule has 2 aromatic rings. The van der Waals surface area contributed by atoms with Crippen molar-refractivity contribution in [3.8, 4) is 0 Å². The number of nitrogens with zero attached hydrogens (tertiary/aromatic N) is 1. The molecule has 1 unspecified atom stereocenters. The number of rotatable bonds is 3. The molecule has 0 bridgehead atoms. The quantitative estimate of drug-likeness (QED) is 0.866. The normalized spacial score (nSPS) is 13.3. The van der Waals surface area contributed by atoms with Crippen LogP contribution in [0.25, 0.3) is 10.2 Å². The molecule has 0 saturated heterocycles. The predicted molar refractivity (Wildman–Crippen MR) is 72.3 cm³/mol. The Morgan fingerprint density at radius 3 is 2.69 bits per heavy atom. The van der Waals surface area contributed by atoms with Crippen LogP contribution in [0.2, 0.25) is 0 Å². The molecule has 1 aromatic heterocycles. The first kappa shape index (κ1) is 11.4. The minimum atomic E-state index is 0.492. The molecule has 1 N–H and O–H groups in total. The number of hydrogen-bond donors (Lipinski definition) is 1. The van der Waals surface area contributed by atoms with Crippen LogP contribution in [-0.4, -0.2) is 11.0 Å². The van der Waals surface area contributed by atoms with Crippen molar-refractivity contribution in [2.75, 3.05) is 5.32 Å². The van der Waals surface area contributed by atoms with Crippen LogP contribution in [-0.2, 0) is 0 Å². The van der Waals surface area contributed by atoms with Gasteiger partial charge < -0.3 is 5.32 Å². The zero-order valence-electron chi connectivity index (χ0n) is 10.2. The average molecular weight is 234 g/mol. The number of benzene rings is 1. The van der Waals surface area contributed by atoms with E-state index in [0.717, 1.165) is 10.5 Å². The molecule has 3 heteroatoms. The number of thiazole rings is 1. The van der Waals surface area contributed by atoms with E-state index >= 15 is 0 Å². The van der Waals surface area contributed by atoms with E-state index in [1.54, 1.807) is 11.3 Å². The molecule has 0 aliphatic rings. The van der Waals surface area contributed by atoms with E-state index in [-0.39, 0.29) is 0 Å². The summed E-state index contributed by atoms with van der Waals surface area (Å²) in [5.74, 6) is 0.638. The van der Waals surface area contributed by atoms with Gasteiger partial charge in [0.05, 0.1) is 15.2 Å². The van der Waals surface area contributed by atoms with Gasteiger partial charge in [0.2, 0.25) is 0 Å². The van der Waals surface area contributed by atoms with E-state index < -0.39 is 0 Å². The number of nitrogens with one attached hydrogen (secondary N) is 1. The first-order valence-corrected chi connectivity index (χ1v) is 6.51. The molecule has 86 valence electrons. The summed E-state index contributed by atoms with van der Waals surface area (Å²) in [6, 6.07) is 6.89. The molecule has 0 radical (unpaired) electrons. The van der Waals surface area contributed by atoms with Crippen LogP contribution >= 0.6 is 11.3 Å². The van der Waals surface area contributed by atoms with E-state index in [1.165, 1.54) is 10.4 Å². The highest BCUT2D eigenvalue weighted by atomic mass is 32.1. The molecular formula is C13H18N2S. The van der Waals surface area contributed by atoms with Crippen LogP contribution < -0.4 is 5.32 Å². The average Bonchev–Trinajstić information content (AvgIpc) is 2.57. The highest BCUT2D eigenvalue weighted by Gasteiger charge is 2.07. The largest absolute Gasteiger partial charge is 0.382 e. The van der Waals surface area contributed by atoms with Crippen molar-refractivity contribution in [3.05, 3.63) is 23.2 Å². The Morgan fingerprint density at radius 1 is 1.25 bits per heavy atom. The number of aryl methyl sites for hydroxylation is 1. The Hall–Kier alpha value is -1.09. The number of anilines is 1. The monoisotopic (exact) mass is 234 g/mol. The van der Waals surface area contributed by atoms with Crippen LogP contribution in [0.15, 0.2) is 18.2 Å². The molecule has 16 heavy (non-hydrogen) atoms. The summed E-state index contributed by atoms with van der Waals surface area (Å²) in [5, 5.41) is 4.65. The zero-order valence-corrected chi connectivity index (χ0v) is 11.1. The molecule has 1 aromatic carbocycles. The Morgan fingerprint density at radius 2 is 2.00 bits per heavy atom. The third-order valence-electron chi connectivity index (χ3n) is 2.89. The van der Waals surface area contributed by atoms with Crippen molar-refractivity contribution < 1.29 is 0 Å². The summed E-state index contributed by atoms with van der Waals surface area (Å²) in [7, 11) is 0. The third kappa shape index (κ3) is 2.35. The summed E-state index contributed by atoms with van der Waals surface area (Å²) in [5.41, 5.74) is 2.29. The molecule has 0 spiro atoms. The maximum Gasteiger partial charge on any atom is 0.0907 e. The summed E-state index contributed by atoms with van der Waals surface area (Å²) >= 11 is 1.75. The van der Waals surface area contributed by atoms with E-state index in [1.807, 2.05) is 0 Å². The fourth-order valence-corrected chi connectivity index (χ4v) is 2.43. The maximum absolute atomic E-state index is 4.46. The van der Waals surface area contributed by atoms with E-state index in [4.69, 9.17) is 0 Å². The molecule has 1 heterocycles. The molecule has 0 fully saturated rings. The second kappa shape index (κ2) is 4.42. The van der Waals surface area contributed by atoms with Gasteiger partial charge in [0.15, 0.2) is 0 Å². The van der Waals surface area contributed by atoms with Gasteiger partial charge in [-0.2, -0.15) is 0 Å². The van der Waals surface area contributed by atoms with Crippen LogP contribution in [0.5, 0.6) is 0 Å². The third-order valence-corrected chi connectivity index (χ3v) is 3.82. The SMILES string of the molecule is Cc1nc2ccc(NC(C)C(C)C)cc2s1. The van der Waals surface area contributed by atoms with E-state index in [9.17, 15) is 0 Å². The summed E-state index contributed by atoms with van der Waals surface area (Å²) in [6.07, 6.45) is 0. The minimum absolute atomic E-state index is 0.492. The Kier molecular flexibility index (Phi) is 3.15. The van der Waals surface area contributed by atoms with Gasteiger partial charge in [-0.3, -0.25) is 0 Å². The first-order valence-electron chi connectivity index (χ1n) is 5.70. The van der Waals surface area contributed by atoms with Crippen molar-refractivity contribution in [3.63, 3.8) is 0 Å². The molecule has 0 amide bonds. The molecule has 0 aliphatic carbocycles. The fraction of sp³-hybridized carbons (Fsp3) is 0.462.